The van der Waals surface area contributed by atoms with Crippen LogP contribution in [-0.2, 0) is 0 Å². The summed E-state index contributed by atoms with van der Waals surface area (Å²) in [5.74, 6) is 0. The maximum atomic E-state index is 5.52. The molecule has 0 amide bonds. The topological polar surface area (TPSA) is 4.93 Å². The number of hydrogen-bond donors (Lipinski definition) is 0. The highest BCUT2D eigenvalue weighted by Crippen LogP contribution is 2.33. The molecule has 3 rings (SSSR count). The van der Waals surface area contributed by atoms with Gasteiger partial charge in [-0.1, -0.05) is 61.8 Å². The molecule has 1 saturated carbocycles. The van der Waals surface area contributed by atoms with Crippen molar-refractivity contribution in [3.05, 3.63) is 40.4 Å². The van der Waals surface area contributed by atoms with Gasteiger partial charge >= 0.3 is 0 Å². The summed E-state index contributed by atoms with van der Waals surface area (Å²) in [4.78, 5) is 0. The van der Waals surface area contributed by atoms with Crippen LogP contribution in [0.3, 0.4) is 0 Å². The van der Waals surface area contributed by atoms with Crippen LogP contribution < -0.4 is 0 Å². The number of aromatic nitrogens is 1. The first-order valence-corrected chi connectivity index (χ1v) is 7.80. The van der Waals surface area contributed by atoms with Crippen molar-refractivity contribution in [3.8, 4) is 11.1 Å². The summed E-state index contributed by atoms with van der Waals surface area (Å²) in [6.45, 7) is 0. The maximum Gasteiger partial charge on any atom is 0.116 e. The molecular weight excluding hydrogens is 258 g/mol. The Bertz CT molecular complexity index is 562. The Morgan fingerprint density at radius 1 is 1.06 bits per heavy atom. The fourth-order valence-electron chi connectivity index (χ4n) is 2.68. The van der Waals surface area contributed by atoms with Crippen molar-refractivity contribution in [3.63, 3.8) is 0 Å². The number of benzene rings is 1. The van der Waals surface area contributed by atoms with Gasteiger partial charge in [-0.3, -0.25) is 0 Å². The van der Waals surface area contributed by atoms with E-state index in [1.54, 1.807) is 11.5 Å². The minimum atomic E-state index is 0.683. The zero-order valence-corrected chi connectivity index (χ0v) is 12.0. The first kappa shape index (κ1) is 12.1. The monoisotopic (exact) mass is 275 g/mol. The third-order valence-electron chi connectivity index (χ3n) is 3.68. The zero-order valence-electron chi connectivity index (χ0n) is 10.3. The zero-order chi connectivity index (χ0) is 12.4. The van der Waals surface area contributed by atoms with E-state index < -0.39 is 0 Å². The highest BCUT2D eigenvalue weighted by atomic mass is 32.2. The Labute approximate surface area is 117 Å². The van der Waals surface area contributed by atoms with Crippen molar-refractivity contribution in [1.29, 1.82) is 0 Å². The van der Waals surface area contributed by atoms with Crippen LogP contribution in [0.25, 0.3) is 11.1 Å². The van der Waals surface area contributed by atoms with E-state index in [9.17, 15) is 0 Å². The van der Waals surface area contributed by atoms with Gasteiger partial charge in [0.1, 0.15) is 3.82 Å². The minimum absolute atomic E-state index is 0.683. The van der Waals surface area contributed by atoms with Crippen LogP contribution in [0, 0.1) is 3.82 Å². The van der Waals surface area contributed by atoms with E-state index >= 15 is 0 Å². The lowest BCUT2D eigenvalue weighted by atomic mass is 9.96. The molecule has 1 aliphatic carbocycles. The van der Waals surface area contributed by atoms with Gasteiger partial charge < -0.3 is 3.96 Å². The molecule has 18 heavy (non-hydrogen) atoms. The number of rotatable bonds is 2. The summed E-state index contributed by atoms with van der Waals surface area (Å²) < 4.78 is 3.41. The molecule has 1 fully saturated rings. The van der Waals surface area contributed by atoms with Crippen molar-refractivity contribution in [2.45, 2.75) is 38.1 Å². The van der Waals surface area contributed by atoms with Gasteiger partial charge in [0.2, 0.25) is 0 Å². The fraction of sp³-hybridized carbons (Fsp3) is 0.400. The van der Waals surface area contributed by atoms with Crippen molar-refractivity contribution < 1.29 is 0 Å². The first-order valence-electron chi connectivity index (χ1n) is 6.62. The van der Waals surface area contributed by atoms with Crippen LogP contribution in [0.2, 0.25) is 0 Å². The van der Waals surface area contributed by atoms with Crippen LogP contribution in [0.5, 0.6) is 0 Å². The molecule has 1 aromatic heterocycles. The van der Waals surface area contributed by atoms with Gasteiger partial charge in [-0.05, 0) is 29.9 Å². The van der Waals surface area contributed by atoms with Gasteiger partial charge in [0.15, 0.2) is 0 Å². The predicted molar refractivity (Wildman–Crippen MR) is 80.7 cm³/mol. The van der Waals surface area contributed by atoms with Crippen molar-refractivity contribution in [2.24, 2.45) is 0 Å². The quantitative estimate of drug-likeness (QED) is 0.660. The highest BCUT2D eigenvalue weighted by molar-refractivity contribution is 7.73. The second-order valence-corrected chi connectivity index (χ2v) is 6.62. The molecule has 0 atom stereocenters. The molecule has 1 aromatic carbocycles. The largest absolute Gasteiger partial charge is 0.300 e. The molecule has 0 bridgehead atoms. The van der Waals surface area contributed by atoms with Crippen molar-refractivity contribution in [2.75, 3.05) is 0 Å². The Morgan fingerprint density at radius 2 is 1.78 bits per heavy atom. The van der Waals surface area contributed by atoms with Crippen LogP contribution in [0.4, 0.5) is 0 Å². The normalized spacial score (nSPS) is 16.9. The van der Waals surface area contributed by atoms with E-state index in [0.29, 0.717) is 6.04 Å². The number of nitrogens with zero attached hydrogens (tertiary/aromatic N) is 1. The summed E-state index contributed by atoms with van der Waals surface area (Å²) in [6.07, 6.45) is 9.02. The van der Waals surface area contributed by atoms with Crippen molar-refractivity contribution in [1.82, 2.24) is 3.96 Å². The van der Waals surface area contributed by atoms with Crippen LogP contribution in [-0.4, -0.2) is 3.96 Å². The molecule has 0 radical (unpaired) electrons. The molecule has 0 unspecified atom stereocenters. The van der Waals surface area contributed by atoms with E-state index in [2.05, 4.69) is 34.4 Å². The van der Waals surface area contributed by atoms with Gasteiger partial charge in [-0.15, -0.1) is 0 Å². The van der Waals surface area contributed by atoms with Crippen LogP contribution in [0.1, 0.15) is 38.1 Å². The van der Waals surface area contributed by atoms with Gasteiger partial charge in [0.05, 0.1) is 0 Å². The van der Waals surface area contributed by atoms with E-state index in [4.69, 9.17) is 12.2 Å². The van der Waals surface area contributed by atoms with E-state index in [1.165, 1.54) is 43.2 Å². The summed E-state index contributed by atoms with van der Waals surface area (Å²) in [5, 5.41) is 0. The summed E-state index contributed by atoms with van der Waals surface area (Å²) >= 11 is 7.27. The van der Waals surface area contributed by atoms with Gasteiger partial charge in [-0.2, -0.15) is 0 Å². The molecule has 1 heterocycles. The number of hydrogen-bond acceptors (Lipinski definition) is 2. The third kappa shape index (κ3) is 2.43. The lowest BCUT2D eigenvalue weighted by molar-refractivity contribution is 0.370. The Hall–Kier alpha value is -0.930. The van der Waals surface area contributed by atoms with Gasteiger partial charge in [0, 0.05) is 17.8 Å². The predicted octanol–water partition coefficient (Wildman–Crippen LogP) is 5.45. The van der Waals surface area contributed by atoms with E-state index in [1.807, 2.05) is 6.07 Å². The second kappa shape index (κ2) is 5.37. The molecule has 0 aliphatic heterocycles. The lowest BCUT2D eigenvalue weighted by Crippen LogP contribution is -2.09. The SMILES string of the molecule is S=c1sn(C2CCCCC2)cc1-c1ccccc1. The maximum absolute atomic E-state index is 5.52. The second-order valence-electron chi connectivity index (χ2n) is 4.94. The molecule has 1 nitrogen and oxygen atoms in total. The van der Waals surface area contributed by atoms with Crippen molar-refractivity contribution >= 4 is 23.8 Å². The first-order chi connectivity index (χ1) is 8.84. The molecule has 2 aromatic rings. The molecule has 94 valence electrons. The lowest BCUT2D eigenvalue weighted by Gasteiger charge is -2.22. The third-order valence-corrected chi connectivity index (χ3v) is 5.13. The summed E-state index contributed by atoms with van der Waals surface area (Å²) in [7, 11) is 0. The Balaban J connectivity index is 1.93. The molecular formula is C15H17NS2. The Morgan fingerprint density at radius 3 is 2.50 bits per heavy atom. The highest BCUT2D eigenvalue weighted by Gasteiger charge is 2.16. The standard InChI is InChI=1S/C15H17NS2/c17-15-14(12-7-3-1-4-8-12)11-16(18-15)13-9-5-2-6-10-13/h1,3-4,7-8,11,13H,2,5-6,9-10H2. The molecule has 3 heteroatoms. The Kier molecular flexibility index (Phi) is 3.62. The smallest absolute Gasteiger partial charge is 0.116 e. The molecule has 1 aliphatic rings. The minimum Gasteiger partial charge on any atom is -0.300 e. The average Bonchev–Trinajstić information content (AvgIpc) is 2.83. The fourth-order valence-corrected chi connectivity index (χ4v) is 4.08. The molecule has 0 saturated heterocycles. The van der Waals surface area contributed by atoms with Crippen LogP contribution >= 0.6 is 23.8 Å². The molecule has 0 N–H and O–H groups in total. The van der Waals surface area contributed by atoms with E-state index in [-0.39, 0.29) is 0 Å². The van der Waals surface area contributed by atoms with Crippen LogP contribution in [0.15, 0.2) is 36.5 Å². The molecule has 0 spiro atoms. The van der Waals surface area contributed by atoms with E-state index in [0.717, 1.165) is 3.82 Å². The van der Waals surface area contributed by atoms with Gasteiger partial charge in [-0.25, -0.2) is 0 Å². The van der Waals surface area contributed by atoms with Gasteiger partial charge in [0.25, 0.3) is 0 Å². The summed E-state index contributed by atoms with van der Waals surface area (Å²) in [6, 6.07) is 11.2. The summed E-state index contributed by atoms with van der Waals surface area (Å²) in [5.41, 5.74) is 2.47. The average molecular weight is 275 g/mol.